The third-order valence-electron chi connectivity index (χ3n) is 3.38. The molecule has 0 spiro atoms. The summed E-state index contributed by atoms with van der Waals surface area (Å²) >= 11 is 3.26. The molecule has 2 rings (SSSR count). The zero-order valence-corrected chi connectivity index (χ0v) is 14.1. The summed E-state index contributed by atoms with van der Waals surface area (Å²) in [6.45, 7) is 1.83. The van der Waals surface area contributed by atoms with E-state index in [0.717, 1.165) is 5.56 Å². The molecule has 21 heavy (non-hydrogen) atoms. The molecule has 0 aliphatic carbocycles. The van der Waals surface area contributed by atoms with Gasteiger partial charge >= 0.3 is 0 Å². The Morgan fingerprint density at radius 3 is 2.43 bits per heavy atom. The summed E-state index contributed by atoms with van der Waals surface area (Å²) in [7, 11) is -2.06. The van der Waals surface area contributed by atoms with Gasteiger partial charge in [-0.2, -0.15) is 4.31 Å². The first-order valence-corrected chi connectivity index (χ1v) is 8.50. The predicted molar refractivity (Wildman–Crippen MR) is 86.2 cm³/mol. The van der Waals surface area contributed by atoms with Gasteiger partial charge in [-0.1, -0.05) is 0 Å². The summed E-state index contributed by atoms with van der Waals surface area (Å²) in [5.41, 5.74) is 7.03. The van der Waals surface area contributed by atoms with Crippen molar-refractivity contribution in [2.75, 3.05) is 12.8 Å². The molecule has 1 aromatic carbocycles. The van der Waals surface area contributed by atoms with E-state index in [9.17, 15) is 8.42 Å². The summed E-state index contributed by atoms with van der Waals surface area (Å²) in [4.78, 5) is 4.11. The molecule has 0 saturated carbocycles. The van der Waals surface area contributed by atoms with Crippen molar-refractivity contribution < 1.29 is 8.42 Å². The molecule has 0 aliphatic rings. The van der Waals surface area contributed by atoms with Gasteiger partial charge in [0, 0.05) is 35.6 Å². The Morgan fingerprint density at radius 1 is 1.24 bits per heavy atom. The normalized spacial score (nSPS) is 13.3. The smallest absolute Gasteiger partial charge is 0.243 e. The highest BCUT2D eigenvalue weighted by Gasteiger charge is 2.26. The fourth-order valence-electron chi connectivity index (χ4n) is 1.91. The quantitative estimate of drug-likeness (QED) is 0.840. The molecular formula is C14H16BrN3O2S. The predicted octanol–water partition coefficient (Wildman–Crippen LogP) is 2.81. The van der Waals surface area contributed by atoms with Gasteiger partial charge in [-0.15, -0.1) is 0 Å². The largest absolute Gasteiger partial charge is 0.398 e. The molecule has 1 atom stereocenters. The van der Waals surface area contributed by atoms with Crippen LogP contribution >= 0.6 is 15.9 Å². The molecule has 112 valence electrons. The molecule has 0 bridgehead atoms. The van der Waals surface area contributed by atoms with E-state index in [4.69, 9.17) is 5.73 Å². The van der Waals surface area contributed by atoms with Gasteiger partial charge in [-0.3, -0.25) is 4.98 Å². The van der Waals surface area contributed by atoms with Crippen LogP contribution in [-0.2, 0) is 10.0 Å². The van der Waals surface area contributed by atoms with E-state index in [0.29, 0.717) is 10.2 Å². The van der Waals surface area contributed by atoms with Crippen molar-refractivity contribution in [2.45, 2.75) is 17.9 Å². The lowest BCUT2D eigenvalue weighted by Crippen LogP contribution is -2.29. The zero-order chi connectivity index (χ0) is 15.6. The van der Waals surface area contributed by atoms with Crippen LogP contribution in [0.25, 0.3) is 0 Å². The number of pyridine rings is 1. The minimum atomic E-state index is -3.61. The van der Waals surface area contributed by atoms with Gasteiger partial charge in [-0.25, -0.2) is 8.42 Å². The van der Waals surface area contributed by atoms with E-state index in [1.54, 1.807) is 37.6 Å². The van der Waals surface area contributed by atoms with Crippen molar-refractivity contribution in [1.29, 1.82) is 0 Å². The van der Waals surface area contributed by atoms with Gasteiger partial charge < -0.3 is 5.73 Å². The van der Waals surface area contributed by atoms with E-state index in [2.05, 4.69) is 20.9 Å². The van der Waals surface area contributed by atoms with Gasteiger partial charge in [0.25, 0.3) is 0 Å². The van der Waals surface area contributed by atoms with Crippen LogP contribution in [0.1, 0.15) is 18.5 Å². The molecular weight excluding hydrogens is 354 g/mol. The van der Waals surface area contributed by atoms with Crippen LogP contribution in [0.15, 0.2) is 52.1 Å². The number of rotatable bonds is 4. The lowest BCUT2D eigenvalue weighted by Gasteiger charge is -2.24. The van der Waals surface area contributed by atoms with Crippen molar-refractivity contribution in [3.63, 3.8) is 0 Å². The third kappa shape index (κ3) is 3.25. The van der Waals surface area contributed by atoms with E-state index >= 15 is 0 Å². The van der Waals surface area contributed by atoms with E-state index in [1.165, 1.54) is 16.4 Å². The summed E-state index contributed by atoms with van der Waals surface area (Å²) in [5, 5.41) is 0. The third-order valence-corrected chi connectivity index (χ3v) is 6.02. The molecule has 0 radical (unpaired) electrons. The van der Waals surface area contributed by atoms with Gasteiger partial charge in [0.2, 0.25) is 10.0 Å². The van der Waals surface area contributed by atoms with Gasteiger partial charge in [0.15, 0.2) is 0 Å². The van der Waals surface area contributed by atoms with Gasteiger partial charge in [0.05, 0.1) is 4.90 Å². The van der Waals surface area contributed by atoms with E-state index in [-0.39, 0.29) is 10.9 Å². The highest BCUT2D eigenvalue weighted by molar-refractivity contribution is 9.10. The Hall–Kier alpha value is -1.44. The topological polar surface area (TPSA) is 76.3 Å². The second-order valence-corrected chi connectivity index (χ2v) is 7.51. The summed E-state index contributed by atoms with van der Waals surface area (Å²) in [6.07, 6.45) is 3.29. The number of aromatic nitrogens is 1. The van der Waals surface area contributed by atoms with Crippen LogP contribution in [0, 0.1) is 0 Å². The Labute approximate surface area is 133 Å². The first kappa shape index (κ1) is 15.9. The molecule has 0 amide bonds. The summed E-state index contributed by atoms with van der Waals surface area (Å²) in [6, 6.07) is 7.91. The summed E-state index contributed by atoms with van der Waals surface area (Å²) in [5.74, 6) is 0. The van der Waals surface area contributed by atoms with Crippen LogP contribution in [0.3, 0.4) is 0 Å². The minimum Gasteiger partial charge on any atom is -0.398 e. The maximum atomic E-state index is 12.6. The van der Waals surface area contributed by atoms with E-state index in [1.807, 2.05) is 6.92 Å². The molecule has 5 nitrogen and oxygen atoms in total. The molecule has 2 N–H and O–H groups in total. The van der Waals surface area contributed by atoms with Gasteiger partial charge in [-0.05, 0) is 58.7 Å². The van der Waals surface area contributed by atoms with Crippen molar-refractivity contribution in [3.05, 3.63) is 52.8 Å². The van der Waals surface area contributed by atoms with Crippen LogP contribution in [0.4, 0.5) is 5.69 Å². The molecule has 2 aromatic rings. The SMILES string of the molecule is CC(c1ccncc1)N(C)S(=O)(=O)c1ccc(Br)c(N)c1. The lowest BCUT2D eigenvalue weighted by molar-refractivity contribution is 0.398. The molecule has 1 aromatic heterocycles. The van der Waals surface area contributed by atoms with Crippen LogP contribution in [0.2, 0.25) is 0 Å². The van der Waals surface area contributed by atoms with Crippen molar-refractivity contribution >= 4 is 31.6 Å². The second-order valence-electron chi connectivity index (χ2n) is 4.66. The number of benzene rings is 1. The number of sulfonamides is 1. The number of anilines is 1. The fourth-order valence-corrected chi connectivity index (χ4v) is 3.54. The summed E-state index contributed by atoms with van der Waals surface area (Å²) < 4.78 is 27.3. The first-order valence-electron chi connectivity index (χ1n) is 6.27. The van der Waals surface area contributed by atoms with Crippen LogP contribution in [0.5, 0.6) is 0 Å². The number of hydrogen-bond donors (Lipinski definition) is 1. The molecule has 7 heteroatoms. The molecule has 1 unspecified atom stereocenters. The Balaban J connectivity index is 2.36. The lowest BCUT2D eigenvalue weighted by atomic mass is 10.1. The highest BCUT2D eigenvalue weighted by Crippen LogP contribution is 2.28. The number of halogens is 1. The molecule has 0 aliphatic heterocycles. The average molecular weight is 370 g/mol. The Kier molecular flexibility index (Phi) is 4.65. The highest BCUT2D eigenvalue weighted by atomic mass is 79.9. The van der Waals surface area contributed by atoms with Crippen LogP contribution in [-0.4, -0.2) is 24.8 Å². The maximum Gasteiger partial charge on any atom is 0.243 e. The number of nitrogen functional groups attached to an aromatic ring is 1. The van der Waals surface area contributed by atoms with Gasteiger partial charge in [0.1, 0.15) is 0 Å². The van der Waals surface area contributed by atoms with Crippen molar-refractivity contribution in [2.24, 2.45) is 0 Å². The standard InChI is InChI=1S/C14H16BrN3O2S/c1-10(11-5-7-17-8-6-11)18(2)21(19,20)12-3-4-13(15)14(16)9-12/h3-10H,16H2,1-2H3. The Morgan fingerprint density at radius 2 is 1.86 bits per heavy atom. The van der Waals surface area contributed by atoms with Crippen LogP contribution < -0.4 is 5.73 Å². The van der Waals surface area contributed by atoms with Crippen molar-refractivity contribution in [1.82, 2.24) is 9.29 Å². The monoisotopic (exact) mass is 369 g/mol. The van der Waals surface area contributed by atoms with Crippen molar-refractivity contribution in [3.8, 4) is 0 Å². The Bertz CT molecular complexity index is 735. The first-order chi connectivity index (χ1) is 9.84. The number of nitrogens with zero attached hydrogens (tertiary/aromatic N) is 2. The number of hydrogen-bond acceptors (Lipinski definition) is 4. The fraction of sp³-hybridized carbons (Fsp3) is 0.214. The van der Waals surface area contributed by atoms with E-state index < -0.39 is 10.0 Å². The molecule has 0 fully saturated rings. The molecule has 1 heterocycles. The second kappa shape index (κ2) is 6.13. The maximum absolute atomic E-state index is 12.6. The molecule has 0 saturated heterocycles. The zero-order valence-electron chi connectivity index (χ0n) is 11.7. The number of nitrogens with two attached hydrogens (primary N) is 1. The minimum absolute atomic E-state index is 0.173. The average Bonchev–Trinajstić information content (AvgIpc) is 2.49.